The van der Waals surface area contributed by atoms with Crippen LogP contribution >= 0.6 is 0 Å². The molecule has 0 aliphatic heterocycles. The van der Waals surface area contributed by atoms with E-state index in [0.29, 0.717) is 12.2 Å². The largest absolute Gasteiger partial charge is 0.466 e. The molecule has 2 heteroatoms. The second kappa shape index (κ2) is 3.22. The van der Waals surface area contributed by atoms with E-state index in [2.05, 4.69) is 18.2 Å². The van der Waals surface area contributed by atoms with Crippen LogP contribution in [0.3, 0.4) is 0 Å². The smallest absolute Gasteiger partial charge is 0.148 e. The van der Waals surface area contributed by atoms with E-state index in [9.17, 15) is 5.11 Å². The topological polar surface area (TPSA) is 33.4 Å². The average Bonchev–Trinajstić information content (AvgIpc) is 2.88. The average molecular weight is 214 g/mol. The van der Waals surface area contributed by atoms with Gasteiger partial charge in [-0.25, -0.2) is 0 Å². The van der Waals surface area contributed by atoms with Crippen LogP contribution in [0.1, 0.15) is 28.9 Å². The second-order valence-corrected chi connectivity index (χ2v) is 4.50. The molecule has 1 aromatic carbocycles. The summed E-state index contributed by atoms with van der Waals surface area (Å²) in [5.74, 6) is 0.650. The molecule has 1 unspecified atom stereocenters. The van der Waals surface area contributed by atoms with Crippen LogP contribution in [0.2, 0.25) is 0 Å². The van der Waals surface area contributed by atoms with Crippen molar-refractivity contribution < 1.29 is 9.52 Å². The lowest BCUT2D eigenvalue weighted by atomic mass is 9.92. The Hall–Kier alpha value is -1.54. The molecule has 0 radical (unpaired) electrons. The van der Waals surface area contributed by atoms with Gasteiger partial charge < -0.3 is 9.52 Å². The molecule has 1 aliphatic rings. The van der Waals surface area contributed by atoms with Gasteiger partial charge in [-0.15, -0.1) is 0 Å². The highest BCUT2D eigenvalue weighted by Gasteiger charge is 2.40. The van der Waals surface area contributed by atoms with E-state index in [4.69, 9.17) is 4.42 Å². The number of fused-ring (bicyclic) bond motifs is 1. The summed E-state index contributed by atoms with van der Waals surface area (Å²) in [6, 6.07) is 9.92. The molecular formula is C14H14O2. The summed E-state index contributed by atoms with van der Waals surface area (Å²) in [4.78, 5) is 0. The fourth-order valence-electron chi connectivity index (χ4n) is 2.51. The molecule has 82 valence electrons. The van der Waals surface area contributed by atoms with Gasteiger partial charge in [0.05, 0.1) is 6.26 Å². The van der Waals surface area contributed by atoms with Crippen LogP contribution in [0.15, 0.2) is 41.0 Å². The van der Waals surface area contributed by atoms with Crippen molar-refractivity contribution >= 4 is 0 Å². The van der Waals surface area contributed by atoms with Gasteiger partial charge in [0.1, 0.15) is 11.4 Å². The quantitative estimate of drug-likeness (QED) is 0.791. The third-order valence-corrected chi connectivity index (χ3v) is 3.40. The molecule has 1 N–H and O–H groups in total. The molecule has 0 fully saturated rings. The minimum Gasteiger partial charge on any atom is -0.466 e. The summed E-state index contributed by atoms with van der Waals surface area (Å²) >= 11 is 0. The summed E-state index contributed by atoms with van der Waals surface area (Å²) < 4.78 is 5.37. The van der Waals surface area contributed by atoms with Gasteiger partial charge in [-0.2, -0.15) is 0 Å². The second-order valence-electron chi connectivity index (χ2n) is 4.50. The van der Waals surface area contributed by atoms with E-state index < -0.39 is 5.60 Å². The lowest BCUT2D eigenvalue weighted by molar-refractivity contribution is 0.0587. The molecular weight excluding hydrogens is 200 g/mol. The van der Waals surface area contributed by atoms with Crippen molar-refractivity contribution in [1.82, 2.24) is 0 Å². The van der Waals surface area contributed by atoms with Crippen LogP contribution in [-0.2, 0) is 12.0 Å². The van der Waals surface area contributed by atoms with Crippen molar-refractivity contribution in [2.75, 3.05) is 0 Å². The maximum Gasteiger partial charge on any atom is 0.148 e. The first-order valence-electron chi connectivity index (χ1n) is 5.56. The Labute approximate surface area is 94.5 Å². The Morgan fingerprint density at radius 3 is 2.94 bits per heavy atom. The van der Waals surface area contributed by atoms with Gasteiger partial charge in [-0.3, -0.25) is 0 Å². The minimum absolute atomic E-state index is 0.650. The van der Waals surface area contributed by atoms with Gasteiger partial charge in [0, 0.05) is 0 Å². The Morgan fingerprint density at radius 2 is 2.19 bits per heavy atom. The molecule has 16 heavy (non-hydrogen) atoms. The van der Waals surface area contributed by atoms with Crippen LogP contribution in [-0.4, -0.2) is 5.11 Å². The molecule has 1 aromatic heterocycles. The normalized spacial score (nSPS) is 23.4. The molecule has 1 aliphatic carbocycles. The Balaban J connectivity index is 2.18. The lowest BCUT2D eigenvalue weighted by Crippen LogP contribution is -2.23. The third-order valence-electron chi connectivity index (χ3n) is 3.40. The lowest BCUT2D eigenvalue weighted by Gasteiger charge is -2.21. The van der Waals surface area contributed by atoms with E-state index in [1.54, 1.807) is 6.26 Å². The van der Waals surface area contributed by atoms with E-state index in [1.807, 2.05) is 19.1 Å². The number of benzene rings is 1. The molecule has 0 bridgehead atoms. The van der Waals surface area contributed by atoms with Crippen molar-refractivity contribution in [3.63, 3.8) is 0 Å². The van der Waals surface area contributed by atoms with Gasteiger partial charge in [0.15, 0.2) is 0 Å². The van der Waals surface area contributed by atoms with Crippen LogP contribution < -0.4 is 0 Å². The maximum absolute atomic E-state index is 10.7. The highest BCUT2D eigenvalue weighted by atomic mass is 16.4. The van der Waals surface area contributed by atoms with E-state index in [-0.39, 0.29) is 0 Å². The number of aliphatic hydroxyl groups is 1. The Morgan fingerprint density at radius 1 is 1.31 bits per heavy atom. The number of aryl methyl sites for hydroxylation is 2. The van der Waals surface area contributed by atoms with Gasteiger partial charge in [0.25, 0.3) is 0 Å². The van der Waals surface area contributed by atoms with Gasteiger partial charge >= 0.3 is 0 Å². The molecule has 0 saturated heterocycles. The van der Waals surface area contributed by atoms with E-state index in [0.717, 1.165) is 12.0 Å². The predicted octanol–water partition coefficient (Wildman–Crippen LogP) is 2.77. The zero-order chi connectivity index (χ0) is 11.2. The number of hydrogen-bond acceptors (Lipinski definition) is 2. The van der Waals surface area contributed by atoms with E-state index in [1.165, 1.54) is 11.1 Å². The highest BCUT2D eigenvalue weighted by molar-refractivity contribution is 5.44. The highest BCUT2D eigenvalue weighted by Crippen LogP contribution is 2.42. The Kier molecular flexibility index (Phi) is 1.95. The summed E-state index contributed by atoms with van der Waals surface area (Å²) in [5.41, 5.74) is 2.47. The fourth-order valence-corrected chi connectivity index (χ4v) is 2.51. The van der Waals surface area contributed by atoms with Crippen molar-refractivity contribution in [1.29, 1.82) is 0 Å². The van der Waals surface area contributed by atoms with Crippen LogP contribution in [0.25, 0.3) is 0 Å². The number of rotatable bonds is 1. The van der Waals surface area contributed by atoms with Gasteiger partial charge in [-0.1, -0.05) is 23.8 Å². The van der Waals surface area contributed by atoms with Gasteiger partial charge in [-0.05, 0) is 43.0 Å². The molecule has 2 nitrogen and oxygen atoms in total. The van der Waals surface area contributed by atoms with Crippen molar-refractivity contribution in [3.8, 4) is 0 Å². The molecule has 0 amide bonds. The molecule has 1 heterocycles. The van der Waals surface area contributed by atoms with Crippen LogP contribution in [0.5, 0.6) is 0 Å². The van der Waals surface area contributed by atoms with Crippen molar-refractivity contribution in [3.05, 3.63) is 59.0 Å². The zero-order valence-electron chi connectivity index (χ0n) is 9.23. The third kappa shape index (κ3) is 1.23. The van der Waals surface area contributed by atoms with Gasteiger partial charge in [0.2, 0.25) is 0 Å². The predicted molar refractivity (Wildman–Crippen MR) is 61.2 cm³/mol. The molecule has 0 spiro atoms. The zero-order valence-corrected chi connectivity index (χ0v) is 9.23. The summed E-state index contributed by atoms with van der Waals surface area (Å²) in [6.07, 6.45) is 3.23. The maximum atomic E-state index is 10.7. The fraction of sp³-hybridized carbons (Fsp3) is 0.286. The van der Waals surface area contributed by atoms with Crippen molar-refractivity contribution in [2.45, 2.75) is 25.4 Å². The summed E-state index contributed by atoms with van der Waals surface area (Å²) in [5, 5.41) is 10.7. The number of furan rings is 1. The summed E-state index contributed by atoms with van der Waals surface area (Å²) in [7, 11) is 0. The standard InChI is InChI=1S/C14H14O2/c1-10-4-5-11-6-7-14(15,12(11)9-10)13-3-2-8-16-13/h2-5,8-9,15H,6-7H2,1H3. The minimum atomic E-state index is -0.926. The number of hydrogen-bond donors (Lipinski definition) is 1. The monoisotopic (exact) mass is 214 g/mol. The van der Waals surface area contributed by atoms with Crippen LogP contribution in [0, 0.1) is 6.92 Å². The molecule has 2 aromatic rings. The molecule has 1 atom stereocenters. The van der Waals surface area contributed by atoms with Crippen molar-refractivity contribution in [2.24, 2.45) is 0 Å². The first-order valence-corrected chi connectivity index (χ1v) is 5.56. The Bertz CT molecular complexity index is 514. The molecule has 0 saturated carbocycles. The first-order chi connectivity index (χ1) is 7.70. The van der Waals surface area contributed by atoms with E-state index >= 15 is 0 Å². The molecule has 3 rings (SSSR count). The SMILES string of the molecule is Cc1ccc2c(c1)C(O)(c1ccco1)CC2. The first kappa shape index (κ1) is 9.67. The van der Waals surface area contributed by atoms with Crippen LogP contribution in [0.4, 0.5) is 0 Å². The summed E-state index contributed by atoms with van der Waals surface area (Å²) in [6.45, 7) is 2.04.